The molecule has 0 spiro atoms. The minimum Gasteiger partial charge on any atom is -0.340 e. The van der Waals surface area contributed by atoms with E-state index >= 15 is 0 Å². The van der Waals surface area contributed by atoms with Gasteiger partial charge in [-0.15, -0.1) is 0 Å². The molecular weight excluding hydrogens is 502 g/mol. The summed E-state index contributed by atoms with van der Waals surface area (Å²) in [6.07, 6.45) is 13.0. The van der Waals surface area contributed by atoms with Crippen molar-refractivity contribution >= 4 is 43.5 Å². The highest BCUT2D eigenvalue weighted by Crippen LogP contribution is 2.30. The van der Waals surface area contributed by atoms with Gasteiger partial charge in [0, 0.05) is 28.4 Å². The lowest BCUT2D eigenvalue weighted by Gasteiger charge is -2.25. The molecule has 0 aliphatic carbocycles. The second-order valence-corrected chi connectivity index (χ2v) is 13.1. The van der Waals surface area contributed by atoms with E-state index in [1.807, 2.05) is 41.6 Å². The lowest BCUT2D eigenvalue weighted by molar-refractivity contribution is 0.553. The summed E-state index contributed by atoms with van der Waals surface area (Å²) in [5.41, 5.74) is 4.47. The molecule has 1 aromatic heterocycles. The molecule has 3 aromatic carbocycles. The second kappa shape index (κ2) is 12.8. The van der Waals surface area contributed by atoms with E-state index in [4.69, 9.17) is 5.10 Å². The molecule has 206 valence electrons. The monoisotopic (exact) mass is 543 g/mol. The molecule has 2 heterocycles. The normalized spacial score (nSPS) is 17.0. The van der Waals surface area contributed by atoms with Crippen LogP contribution in [0.1, 0.15) is 70.3 Å². The number of unbranched alkanes of at least 4 members (excludes halogenated alkanes) is 7. The number of aromatic nitrogens is 1. The molecule has 39 heavy (non-hydrogen) atoms. The van der Waals surface area contributed by atoms with Gasteiger partial charge in [-0.05, 0) is 48.7 Å². The number of para-hydroxylation sites is 2. The average molecular weight is 544 g/mol. The van der Waals surface area contributed by atoms with Gasteiger partial charge in [-0.2, -0.15) is 5.10 Å². The first-order valence-corrected chi connectivity index (χ1v) is 16.5. The molecule has 6 heteroatoms. The van der Waals surface area contributed by atoms with E-state index in [0.717, 1.165) is 17.8 Å². The maximum absolute atomic E-state index is 12.2. The van der Waals surface area contributed by atoms with Crippen LogP contribution < -0.4 is 5.01 Å². The number of sulfone groups is 1. The summed E-state index contributed by atoms with van der Waals surface area (Å²) < 4.78 is 26.9. The van der Waals surface area contributed by atoms with Gasteiger partial charge >= 0.3 is 0 Å². The highest BCUT2D eigenvalue weighted by molar-refractivity contribution is 7.91. The van der Waals surface area contributed by atoms with Crippen LogP contribution in [0.3, 0.4) is 0 Å². The van der Waals surface area contributed by atoms with Crippen molar-refractivity contribution in [3.8, 4) is 0 Å². The zero-order valence-corrected chi connectivity index (χ0v) is 24.0. The first kappa shape index (κ1) is 27.4. The first-order valence-electron chi connectivity index (χ1n) is 14.7. The van der Waals surface area contributed by atoms with Crippen LogP contribution in [0, 0.1) is 0 Å². The molecule has 0 amide bonds. The van der Waals surface area contributed by atoms with Crippen molar-refractivity contribution in [2.45, 2.75) is 77.3 Å². The molecule has 5 nitrogen and oxygen atoms in total. The number of aryl methyl sites for hydroxylation is 1. The van der Waals surface area contributed by atoms with Crippen LogP contribution in [-0.2, 0) is 16.4 Å². The predicted molar refractivity (Wildman–Crippen MR) is 166 cm³/mol. The molecule has 1 fully saturated rings. The first-order chi connectivity index (χ1) is 19.1. The molecule has 0 radical (unpaired) electrons. The number of hydrogen-bond donors (Lipinski definition) is 0. The minimum absolute atomic E-state index is 0.143. The maximum Gasteiger partial charge on any atom is 0.152 e. The summed E-state index contributed by atoms with van der Waals surface area (Å²) in [4.78, 5) is 0. The Bertz CT molecular complexity index is 1510. The minimum atomic E-state index is -3.02. The van der Waals surface area contributed by atoms with E-state index in [1.165, 1.54) is 73.2 Å². The molecule has 1 atom stereocenters. The Morgan fingerprint density at radius 2 is 1.54 bits per heavy atom. The summed E-state index contributed by atoms with van der Waals surface area (Å²) in [6, 6.07) is 25.0. The summed E-state index contributed by atoms with van der Waals surface area (Å²) in [6.45, 7) is 3.30. The zero-order valence-electron chi connectivity index (χ0n) is 23.1. The molecule has 1 unspecified atom stereocenters. The third kappa shape index (κ3) is 6.73. The number of hydrazone groups is 1. The van der Waals surface area contributed by atoms with Crippen molar-refractivity contribution in [3.63, 3.8) is 0 Å². The molecule has 0 bridgehead atoms. The van der Waals surface area contributed by atoms with Gasteiger partial charge in [-0.25, -0.2) is 8.42 Å². The van der Waals surface area contributed by atoms with E-state index in [-0.39, 0.29) is 17.5 Å². The Hall–Kier alpha value is -3.12. The van der Waals surface area contributed by atoms with E-state index in [1.54, 1.807) is 0 Å². The summed E-state index contributed by atoms with van der Waals surface area (Å²) in [5.74, 6) is 0.366. The molecule has 1 aliphatic rings. The van der Waals surface area contributed by atoms with E-state index in [2.05, 4.69) is 54.0 Å². The third-order valence-electron chi connectivity index (χ3n) is 7.94. The Balaban J connectivity index is 1.35. The van der Waals surface area contributed by atoms with Gasteiger partial charge in [-0.3, -0.25) is 5.01 Å². The van der Waals surface area contributed by atoms with Crippen LogP contribution in [0.25, 0.3) is 21.8 Å². The van der Waals surface area contributed by atoms with Crippen molar-refractivity contribution in [3.05, 3.63) is 78.4 Å². The number of nitrogens with zero attached hydrogens (tertiary/aromatic N) is 3. The van der Waals surface area contributed by atoms with Gasteiger partial charge < -0.3 is 4.57 Å². The molecule has 1 aliphatic heterocycles. The largest absolute Gasteiger partial charge is 0.340 e. The van der Waals surface area contributed by atoms with Crippen LogP contribution >= 0.6 is 0 Å². The molecule has 5 rings (SSSR count). The predicted octanol–water partition coefficient (Wildman–Crippen LogP) is 7.96. The number of anilines is 1. The van der Waals surface area contributed by atoms with Crippen molar-refractivity contribution in [1.29, 1.82) is 0 Å². The second-order valence-electron chi connectivity index (χ2n) is 10.9. The fraction of sp³-hybridized carbons (Fsp3) is 0.424. The lowest BCUT2D eigenvalue weighted by atomic mass is 10.1. The van der Waals surface area contributed by atoms with Crippen molar-refractivity contribution in [2.24, 2.45) is 5.10 Å². The highest BCUT2D eigenvalue weighted by Gasteiger charge is 2.32. The summed E-state index contributed by atoms with van der Waals surface area (Å²) >= 11 is 0. The fourth-order valence-corrected chi connectivity index (χ4v) is 7.54. The van der Waals surface area contributed by atoms with Gasteiger partial charge in [0.25, 0.3) is 0 Å². The fourth-order valence-electron chi connectivity index (χ4n) is 5.85. The van der Waals surface area contributed by atoms with E-state index in [0.29, 0.717) is 6.42 Å². The van der Waals surface area contributed by atoms with Crippen LogP contribution in [0.2, 0.25) is 0 Å². The van der Waals surface area contributed by atoms with Gasteiger partial charge in [0.2, 0.25) is 0 Å². The standard InChI is InChI=1S/C33H41N3O2S/c1-2-3-4-5-6-7-8-14-22-35-32-18-13-12-17-30(32)31-24-27(19-20-33(31)35)25-34-36(28-15-10-9-11-16-28)29-21-23-39(37,38)26-29/h9-13,15-20,24-25,29H,2-8,14,21-23,26H2,1H3/b34-25-. The summed E-state index contributed by atoms with van der Waals surface area (Å²) in [5, 5.41) is 9.24. The SMILES string of the molecule is CCCCCCCCCCn1c2ccccc2c2cc(/C=N\N(c3ccccc3)C3CCS(=O)(=O)C3)ccc21. The Morgan fingerprint density at radius 1 is 0.846 bits per heavy atom. The topological polar surface area (TPSA) is 54.7 Å². The van der Waals surface area contributed by atoms with Crippen molar-refractivity contribution in [2.75, 3.05) is 16.5 Å². The quantitative estimate of drug-likeness (QED) is 0.0976. The van der Waals surface area contributed by atoms with Crippen molar-refractivity contribution < 1.29 is 8.42 Å². The molecule has 0 N–H and O–H groups in total. The number of benzene rings is 3. The van der Waals surface area contributed by atoms with Crippen LogP contribution in [0.15, 0.2) is 77.9 Å². The number of rotatable bonds is 13. The van der Waals surface area contributed by atoms with Crippen molar-refractivity contribution in [1.82, 2.24) is 4.57 Å². The summed E-state index contributed by atoms with van der Waals surface area (Å²) in [7, 11) is -3.02. The number of fused-ring (bicyclic) bond motifs is 3. The van der Waals surface area contributed by atoms with Gasteiger partial charge in [0.15, 0.2) is 9.84 Å². The lowest BCUT2D eigenvalue weighted by Crippen LogP contribution is -2.31. The van der Waals surface area contributed by atoms with Gasteiger partial charge in [-0.1, -0.05) is 94.3 Å². The maximum atomic E-state index is 12.2. The smallest absolute Gasteiger partial charge is 0.152 e. The highest BCUT2D eigenvalue weighted by atomic mass is 32.2. The Kier molecular flexibility index (Phi) is 9.02. The molecule has 4 aromatic rings. The average Bonchev–Trinajstić information content (AvgIpc) is 3.47. The third-order valence-corrected chi connectivity index (χ3v) is 9.69. The molecular formula is C33H41N3O2S. The zero-order chi connectivity index (χ0) is 27.1. The van der Waals surface area contributed by atoms with Gasteiger partial charge in [0.1, 0.15) is 0 Å². The molecule has 0 saturated carbocycles. The Morgan fingerprint density at radius 3 is 2.28 bits per heavy atom. The van der Waals surface area contributed by atoms with Crippen LogP contribution in [-0.4, -0.2) is 36.7 Å². The Labute approximate surface area is 233 Å². The van der Waals surface area contributed by atoms with Crippen LogP contribution in [0.5, 0.6) is 0 Å². The van der Waals surface area contributed by atoms with Crippen LogP contribution in [0.4, 0.5) is 5.69 Å². The number of hydrogen-bond acceptors (Lipinski definition) is 4. The van der Waals surface area contributed by atoms with E-state index in [9.17, 15) is 8.42 Å². The molecule has 1 saturated heterocycles. The van der Waals surface area contributed by atoms with Gasteiger partial charge in [0.05, 0.1) is 29.4 Å². The van der Waals surface area contributed by atoms with E-state index < -0.39 is 9.84 Å².